The average Bonchev–Trinajstić information content (AvgIpc) is 3.84. The Labute approximate surface area is 292 Å². The van der Waals surface area contributed by atoms with Gasteiger partial charge >= 0.3 is 21.4 Å². The van der Waals surface area contributed by atoms with Gasteiger partial charge in [0.1, 0.15) is 30.7 Å². The SMILES string of the molecule is COc1c(N2CCN(C(=O)CC(C)(C)c3cc([PH](=O)CP(=O)(O)O)ccc3OP(=O)(O)O)C(C)C2)c(F)cc2c(=O)c(C(=O)O)cn(C3CC3)c12. The highest BCUT2D eigenvalue weighted by Crippen LogP contribution is 2.48. The number of carboxylic acid groups (broad SMARTS) is 1. The molecule has 1 amide bonds. The lowest BCUT2D eigenvalue weighted by molar-refractivity contribution is -0.134. The highest BCUT2D eigenvalue weighted by Gasteiger charge is 2.37. The number of carboxylic acids is 1. The van der Waals surface area contributed by atoms with Crippen LogP contribution in [0.25, 0.3) is 10.9 Å². The molecule has 0 spiro atoms. The van der Waals surface area contributed by atoms with Crippen molar-refractivity contribution in [3.8, 4) is 11.5 Å². The molecule has 2 atom stereocenters. The fraction of sp³-hybridized carbons (Fsp3) is 0.452. The van der Waals surface area contributed by atoms with Crippen molar-refractivity contribution in [3.05, 3.63) is 57.6 Å². The number of phosphoric acid groups is 1. The minimum atomic E-state index is -5.09. The lowest BCUT2D eigenvalue weighted by atomic mass is 9.80. The van der Waals surface area contributed by atoms with Crippen molar-refractivity contribution in [1.82, 2.24) is 9.47 Å². The molecule has 2 aromatic carbocycles. The molecule has 2 heterocycles. The van der Waals surface area contributed by atoms with Crippen LogP contribution in [0.5, 0.6) is 11.5 Å². The number of fused-ring (bicyclic) bond motifs is 1. The summed E-state index contributed by atoms with van der Waals surface area (Å²) in [6.45, 7) is 5.34. The Morgan fingerprint density at radius 1 is 1.10 bits per heavy atom. The van der Waals surface area contributed by atoms with E-state index in [1.165, 1.54) is 25.4 Å². The van der Waals surface area contributed by atoms with E-state index in [9.17, 15) is 52.8 Å². The minimum absolute atomic E-state index is 0.0246. The number of carbonyl (C=O) groups is 2. The summed E-state index contributed by atoms with van der Waals surface area (Å²) in [6.07, 6.45) is 2.51. The zero-order valence-electron chi connectivity index (χ0n) is 28.1. The van der Waals surface area contributed by atoms with Crippen LogP contribution in [0.2, 0.25) is 0 Å². The number of nitrogens with zero attached hydrogens (tertiary/aromatic N) is 3. The third-order valence-corrected chi connectivity index (χ3v) is 13.2. The maximum Gasteiger partial charge on any atom is 0.524 e. The second-order valence-corrected chi connectivity index (χ2v) is 18.6. The Morgan fingerprint density at radius 2 is 1.76 bits per heavy atom. The van der Waals surface area contributed by atoms with Crippen molar-refractivity contribution in [1.29, 1.82) is 0 Å². The molecule has 1 saturated heterocycles. The number of pyridine rings is 1. The molecule has 1 aliphatic heterocycles. The molecule has 2 fully saturated rings. The minimum Gasteiger partial charge on any atom is -0.492 e. The van der Waals surface area contributed by atoms with Crippen molar-refractivity contribution in [2.75, 3.05) is 37.5 Å². The van der Waals surface area contributed by atoms with Gasteiger partial charge in [0.25, 0.3) is 0 Å². The number of aromatic nitrogens is 1. The van der Waals surface area contributed by atoms with Gasteiger partial charge in [0, 0.05) is 60.6 Å². The van der Waals surface area contributed by atoms with E-state index in [4.69, 9.17) is 9.26 Å². The summed E-state index contributed by atoms with van der Waals surface area (Å²) in [5.41, 5.74) is -2.09. The van der Waals surface area contributed by atoms with Crippen LogP contribution < -0.4 is 24.9 Å². The number of hydrogen-bond donors (Lipinski definition) is 5. The number of aromatic carboxylic acids is 1. The maximum absolute atomic E-state index is 15.9. The smallest absolute Gasteiger partial charge is 0.492 e. The highest BCUT2D eigenvalue weighted by molar-refractivity contribution is 7.69. The van der Waals surface area contributed by atoms with E-state index in [1.54, 1.807) is 35.1 Å². The molecular weight excluding hydrogens is 734 g/mol. The van der Waals surface area contributed by atoms with Crippen LogP contribution in [0.4, 0.5) is 10.1 Å². The number of ether oxygens (including phenoxy) is 1. The van der Waals surface area contributed by atoms with Crippen molar-refractivity contribution >= 4 is 57.0 Å². The molecule has 20 heteroatoms. The quantitative estimate of drug-likeness (QED) is 0.166. The third-order valence-electron chi connectivity index (χ3n) is 9.03. The zero-order valence-corrected chi connectivity index (χ0v) is 30.9. The number of piperazine rings is 1. The molecule has 2 aliphatic rings. The van der Waals surface area contributed by atoms with Crippen molar-refractivity contribution in [2.24, 2.45) is 0 Å². The number of rotatable bonds is 12. The van der Waals surface area contributed by atoms with Crippen LogP contribution in [0, 0.1) is 5.82 Å². The van der Waals surface area contributed by atoms with Gasteiger partial charge in [0.2, 0.25) is 11.3 Å². The molecule has 0 radical (unpaired) electrons. The number of carbonyl (C=O) groups excluding carboxylic acids is 1. The van der Waals surface area contributed by atoms with Crippen molar-refractivity contribution < 1.29 is 61.6 Å². The number of anilines is 1. The predicted octanol–water partition coefficient (Wildman–Crippen LogP) is 3.38. The van der Waals surface area contributed by atoms with E-state index >= 15 is 4.39 Å². The highest BCUT2D eigenvalue weighted by atomic mass is 31.2. The van der Waals surface area contributed by atoms with Crippen LogP contribution >= 0.6 is 23.2 Å². The van der Waals surface area contributed by atoms with Gasteiger partial charge in [-0.25, -0.2) is 13.8 Å². The van der Waals surface area contributed by atoms with Gasteiger partial charge in [-0.1, -0.05) is 13.8 Å². The molecule has 1 saturated carbocycles. The molecule has 5 rings (SSSR count). The number of halogens is 1. The molecule has 51 heavy (non-hydrogen) atoms. The Hall–Kier alpha value is -3.55. The van der Waals surface area contributed by atoms with Crippen LogP contribution in [0.15, 0.2) is 35.3 Å². The Balaban J connectivity index is 1.43. The van der Waals surface area contributed by atoms with E-state index in [0.29, 0.717) is 0 Å². The zero-order chi connectivity index (χ0) is 37.8. The molecule has 0 bridgehead atoms. The fourth-order valence-electron chi connectivity index (χ4n) is 6.55. The van der Waals surface area contributed by atoms with Crippen LogP contribution in [-0.4, -0.2) is 84.7 Å². The molecular formula is C31H39FN3O13P3. The summed E-state index contributed by atoms with van der Waals surface area (Å²) < 4.78 is 64.2. The number of benzene rings is 2. The molecule has 1 aliphatic carbocycles. The van der Waals surface area contributed by atoms with Gasteiger partial charge in [-0.15, -0.1) is 0 Å². The Kier molecular flexibility index (Phi) is 10.7. The second kappa shape index (κ2) is 14.1. The number of amides is 1. The topological polar surface area (TPSA) is 233 Å². The summed E-state index contributed by atoms with van der Waals surface area (Å²) in [5.74, 6) is -3.75. The molecule has 2 unspecified atom stereocenters. The monoisotopic (exact) mass is 773 g/mol. The fourth-order valence-corrected chi connectivity index (χ4v) is 9.77. The summed E-state index contributed by atoms with van der Waals surface area (Å²) in [7, 11) is -11.4. The van der Waals surface area contributed by atoms with Gasteiger partial charge in [-0.2, -0.15) is 0 Å². The standard InChI is InChI=1S/C31H39FN3O13P3/c1-17-14-33(27-23(32)12-20-26(29(27)47-4)35(18-5-6-18)15-21(28(20)37)30(38)39)9-10-34(17)25(36)13-31(2,3)22-11-19(49(40)16-50(41,42)43)7-8-24(22)48-51(44,45)46/h7-8,11-12,15,17-18,49H,5-6,9-10,13-14,16H2,1-4H3,(H,38,39)(H2,41,42,43)(H2,44,45,46). The normalized spacial score (nSPS) is 17.8. The van der Waals surface area contributed by atoms with Gasteiger partial charge in [0.15, 0.2) is 11.6 Å². The van der Waals surface area contributed by atoms with E-state index in [-0.39, 0.29) is 77.0 Å². The third kappa shape index (κ3) is 8.41. The lowest BCUT2D eigenvalue weighted by Crippen LogP contribution is -2.55. The molecule has 3 aromatic rings. The van der Waals surface area contributed by atoms with Crippen LogP contribution in [-0.2, 0) is 23.9 Å². The van der Waals surface area contributed by atoms with Gasteiger partial charge in [0.05, 0.1) is 18.0 Å². The lowest BCUT2D eigenvalue weighted by Gasteiger charge is -2.42. The first kappa shape index (κ1) is 38.7. The number of phosphoric ester groups is 1. The first-order valence-corrected chi connectivity index (χ1v) is 20.8. The van der Waals surface area contributed by atoms with E-state index in [0.717, 1.165) is 25.0 Å². The summed E-state index contributed by atoms with van der Waals surface area (Å²) in [5, 5.41) is 9.52. The first-order chi connectivity index (χ1) is 23.6. The van der Waals surface area contributed by atoms with Gasteiger partial charge in [-0.05, 0) is 44.0 Å². The van der Waals surface area contributed by atoms with Crippen LogP contribution in [0.1, 0.15) is 62.0 Å². The van der Waals surface area contributed by atoms with Crippen molar-refractivity contribution in [3.63, 3.8) is 0 Å². The summed E-state index contributed by atoms with van der Waals surface area (Å²) in [4.78, 5) is 79.7. The van der Waals surface area contributed by atoms with Crippen molar-refractivity contribution in [2.45, 2.75) is 57.5 Å². The second-order valence-electron chi connectivity index (χ2n) is 13.4. The Morgan fingerprint density at radius 3 is 2.31 bits per heavy atom. The van der Waals surface area contributed by atoms with E-state index < -0.39 is 63.4 Å². The Bertz CT molecular complexity index is 2090. The molecule has 278 valence electrons. The predicted molar refractivity (Wildman–Crippen MR) is 186 cm³/mol. The molecule has 1 aromatic heterocycles. The van der Waals surface area contributed by atoms with Gasteiger partial charge < -0.3 is 43.1 Å². The van der Waals surface area contributed by atoms with Gasteiger partial charge in [-0.3, -0.25) is 23.9 Å². The average molecular weight is 774 g/mol. The summed E-state index contributed by atoms with van der Waals surface area (Å²) >= 11 is 0. The van der Waals surface area contributed by atoms with E-state index in [1.807, 2.05) is 0 Å². The first-order valence-electron chi connectivity index (χ1n) is 15.8. The largest absolute Gasteiger partial charge is 0.524 e. The maximum atomic E-state index is 15.9. The van der Waals surface area contributed by atoms with Crippen LogP contribution in [0.3, 0.4) is 0 Å². The molecule has 5 N–H and O–H groups in total. The summed E-state index contributed by atoms with van der Waals surface area (Å²) in [6, 6.07) is 4.03. The number of hydrogen-bond acceptors (Lipinski definition) is 9. The van der Waals surface area contributed by atoms with E-state index in [2.05, 4.69) is 0 Å². The molecule has 16 nitrogen and oxygen atoms in total. The number of methoxy groups -OCH3 is 1.